The van der Waals surface area contributed by atoms with Gasteiger partial charge in [-0.1, -0.05) is 17.7 Å². The van der Waals surface area contributed by atoms with Gasteiger partial charge in [0, 0.05) is 16.3 Å². The monoisotopic (exact) mass is 267 g/mol. The Hall–Kier alpha value is -1.61. The van der Waals surface area contributed by atoms with Crippen molar-refractivity contribution in [3.8, 4) is 0 Å². The van der Waals surface area contributed by atoms with E-state index < -0.39 is 11.6 Å². The summed E-state index contributed by atoms with van der Waals surface area (Å²) < 4.78 is 26.7. The summed E-state index contributed by atoms with van der Waals surface area (Å²) in [6.07, 6.45) is 0. The van der Waals surface area contributed by atoms with E-state index in [9.17, 15) is 8.78 Å². The van der Waals surface area contributed by atoms with Gasteiger partial charge in [-0.2, -0.15) is 0 Å². The van der Waals surface area contributed by atoms with Crippen molar-refractivity contribution in [2.24, 2.45) is 0 Å². The quantitative estimate of drug-likeness (QED) is 0.843. The number of nitrogens with one attached hydrogen (secondary N) is 1. The first-order valence-electron chi connectivity index (χ1n) is 5.53. The number of hydrogen-bond donors (Lipinski definition) is 1. The second kappa shape index (κ2) is 5.36. The lowest BCUT2D eigenvalue weighted by molar-refractivity contribution is 0.577. The zero-order valence-corrected chi connectivity index (χ0v) is 10.5. The Morgan fingerprint density at radius 2 is 1.89 bits per heavy atom. The zero-order valence-electron chi connectivity index (χ0n) is 9.75. The van der Waals surface area contributed by atoms with Crippen LogP contribution in [0.1, 0.15) is 18.5 Å². The molecule has 1 nitrogen and oxygen atoms in total. The number of halogens is 3. The normalized spacial score (nSPS) is 12.2. The van der Waals surface area contributed by atoms with Crippen LogP contribution in [-0.2, 0) is 0 Å². The molecule has 0 spiro atoms. The molecular formula is C14H12ClF2N. The maximum atomic E-state index is 13.6. The molecule has 2 rings (SSSR count). The molecule has 0 amide bonds. The van der Waals surface area contributed by atoms with Crippen LogP contribution >= 0.6 is 11.6 Å². The van der Waals surface area contributed by atoms with Gasteiger partial charge in [-0.25, -0.2) is 8.78 Å². The van der Waals surface area contributed by atoms with Gasteiger partial charge >= 0.3 is 0 Å². The van der Waals surface area contributed by atoms with Gasteiger partial charge in [-0.15, -0.1) is 0 Å². The first-order chi connectivity index (χ1) is 8.56. The summed E-state index contributed by atoms with van der Waals surface area (Å²) in [6.45, 7) is 1.76. The van der Waals surface area contributed by atoms with Crippen LogP contribution in [0.3, 0.4) is 0 Å². The summed E-state index contributed by atoms with van der Waals surface area (Å²) in [6, 6.07) is 10.2. The summed E-state index contributed by atoms with van der Waals surface area (Å²) in [5.74, 6) is -0.885. The molecule has 1 N–H and O–H groups in total. The van der Waals surface area contributed by atoms with E-state index in [4.69, 9.17) is 11.6 Å². The minimum Gasteiger partial charge on any atom is -0.378 e. The zero-order chi connectivity index (χ0) is 13.1. The second-order valence-corrected chi connectivity index (χ2v) is 4.48. The molecule has 0 aliphatic heterocycles. The van der Waals surface area contributed by atoms with Crippen LogP contribution in [0.4, 0.5) is 14.5 Å². The highest BCUT2D eigenvalue weighted by atomic mass is 35.5. The molecule has 0 saturated carbocycles. The van der Waals surface area contributed by atoms with Crippen LogP contribution in [0.25, 0.3) is 0 Å². The molecule has 0 heterocycles. The third-order valence-corrected chi connectivity index (χ3v) is 2.87. The van der Waals surface area contributed by atoms with Crippen molar-refractivity contribution in [2.45, 2.75) is 13.0 Å². The fourth-order valence-corrected chi connectivity index (χ4v) is 1.94. The predicted molar refractivity (Wildman–Crippen MR) is 69.8 cm³/mol. The average Bonchev–Trinajstić information content (AvgIpc) is 2.32. The molecule has 0 radical (unpaired) electrons. The first kappa shape index (κ1) is 12.8. The number of hydrogen-bond acceptors (Lipinski definition) is 1. The Balaban J connectivity index is 2.21. The van der Waals surface area contributed by atoms with Crippen LogP contribution in [0.2, 0.25) is 5.02 Å². The molecular weight excluding hydrogens is 256 g/mol. The van der Waals surface area contributed by atoms with Crippen molar-refractivity contribution >= 4 is 17.3 Å². The third-order valence-electron chi connectivity index (χ3n) is 2.63. The minimum absolute atomic E-state index is 0.287. The Kier molecular flexibility index (Phi) is 3.82. The summed E-state index contributed by atoms with van der Waals surface area (Å²) >= 11 is 5.86. The molecule has 94 valence electrons. The Morgan fingerprint density at radius 1 is 1.11 bits per heavy atom. The van der Waals surface area contributed by atoms with E-state index in [-0.39, 0.29) is 11.6 Å². The minimum atomic E-state index is -0.453. The van der Waals surface area contributed by atoms with E-state index in [1.54, 1.807) is 25.1 Å². The molecule has 0 bridgehead atoms. The summed E-state index contributed by atoms with van der Waals surface area (Å²) in [4.78, 5) is 0. The molecule has 18 heavy (non-hydrogen) atoms. The Morgan fingerprint density at radius 3 is 2.61 bits per heavy atom. The summed E-state index contributed by atoms with van der Waals surface area (Å²) in [7, 11) is 0. The van der Waals surface area contributed by atoms with Crippen LogP contribution in [-0.4, -0.2) is 0 Å². The molecule has 0 aliphatic rings. The molecule has 0 aliphatic carbocycles. The average molecular weight is 268 g/mol. The maximum absolute atomic E-state index is 13.6. The van der Waals surface area contributed by atoms with Crippen molar-refractivity contribution in [2.75, 3.05) is 5.32 Å². The number of anilines is 1. The van der Waals surface area contributed by atoms with Crippen molar-refractivity contribution in [3.63, 3.8) is 0 Å². The molecule has 0 aromatic heterocycles. The van der Waals surface area contributed by atoms with E-state index in [1.807, 2.05) is 6.07 Å². The smallest absolute Gasteiger partial charge is 0.128 e. The lowest BCUT2D eigenvalue weighted by atomic mass is 10.1. The fraction of sp³-hybridized carbons (Fsp3) is 0.143. The fourth-order valence-electron chi connectivity index (χ4n) is 1.75. The van der Waals surface area contributed by atoms with Crippen LogP contribution in [0.15, 0.2) is 42.5 Å². The topological polar surface area (TPSA) is 12.0 Å². The molecule has 2 aromatic rings. The van der Waals surface area contributed by atoms with E-state index in [2.05, 4.69) is 5.32 Å². The Labute approximate surface area is 109 Å². The van der Waals surface area contributed by atoms with Crippen molar-refractivity contribution in [1.29, 1.82) is 0 Å². The molecule has 0 saturated heterocycles. The van der Waals surface area contributed by atoms with Crippen molar-refractivity contribution in [3.05, 3.63) is 64.7 Å². The summed E-state index contributed by atoms with van der Waals surface area (Å²) in [5, 5.41) is 3.67. The lowest BCUT2D eigenvalue weighted by Crippen LogP contribution is -2.09. The van der Waals surface area contributed by atoms with Gasteiger partial charge in [0.1, 0.15) is 11.6 Å². The van der Waals surface area contributed by atoms with E-state index in [1.165, 1.54) is 6.07 Å². The molecule has 1 unspecified atom stereocenters. The van der Waals surface area contributed by atoms with E-state index in [0.717, 1.165) is 17.8 Å². The van der Waals surface area contributed by atoms with Gasteiger partial charge in [-0.05, 0) is 43.3 Å². The highest BCUT2D eigenvalue weighted by molar-refractivity contribution is 6.30. The second-order valence-electron chi connectivity index (χ2n) is 4.04. The van der Waals surface area contributed by atoms with E-state index >= 15 is 0 Å². The van der Waals surface area contributed by atoms with Crippen molar-refractivity contribution in [1.82, 2.24) is 0 Å². The highest BCUT2D eigenvalue weighted by Crippen LogP contribution is 2.24. The van der Waals surface area contributed by atoms with E-state index in [0.29, 0.717) is 5.02 Å². The highest BCUT2D eigenvalue weighted by Gasteiger charge is 2.11. The van der Waals surface area contributed by atoms with Gasteiger partial charge in [0.05, 0.1) is 6.04 Å². The van der Waals surface area contributed by atoms with Gasteiger partial charge < -0.3 is 5.32 Å². The van der Waals surface area contributed by atoms with Crippen LogP contribution < -0.4 is 5.32 Å². The first-order valence-corrected chi connectivity index (χ1v) is 5.91. The van der Waals surface area contributed by atoms with Crippen molar-refractivity contribution < 1.29 is 8.78 Å². The number of benzene rings is 2. The predicted octanol–water partition coefficient (Wildman–Crippen LogP) is 4.79. The molecule has 0 fully saturated rings. The van der Waals surface area contributed by atoms with Crippen LogP contribution in [0, 0.1) is 11.6 Å². The Bertz CT molecular complexity index is 557. The lowest BCUT2D eigenvalue weighted by Gasteiger charge is -2.16. The third kappa shape index (κ3) is 2.99. The van der Waals surface area contributed by atoms with Crippen LogP contribution in [0.5, 0.6) is 0 Å². The van der Waals surface area contributed by atoms with Gasteiger partial charge in [0.15, 0.2) is 0 Å². The maximum Gasteiger partial charge on any atom is 0.128 e. The standard InChI is InChI=1S/C14H12ClF2N/c1-9(13-8-11(16)5-6-14(13)17)18-12-4-2-3-10(15)7-12/h2-9,18H,1H3. The number of rotatable bonds is 3. The van der Waals surface area contributed by atoms with Gasteiger partial charge in [0.25, 0.3) is 0 Å². The molecule has 4 heteroatoms. The molecule has 2 aromatic carbocycles. The van der Waals surface area contributed by atoms with Gasteiger partial charge in [0.2, 0.25) is 0 Å². The SMILES string of the molecule is CC(Nc1cccc(Cl)c1)c1cc(F)ccc1F. The summed E-state index contributed by atoms with van der Waals surface area (Å²) in [5.41, 5.74) is 1.05. The molecule has 1 atom stereocenters. The largest absolute Gasteiger partial charge is 0.378 e. The van der Waals surface area contributed by atoms with Gasteiger partial charge in [-0.3, -0.25) is 0 Å².